The van der Waals surface area contributed by atoms with Crippen LogP contribution in [-0.4, -0.2) is 29.2 Å². The highest BCUT2D eigenvalue weighted by molar-refractivity contribution is 7.79. The zero-order valence-electron chi connectivity index (χ0n) is 15.5. The Kier molecular flexibility index (Phi) is 35.5. The summed E-state index contributed by atoms with van der Waals surface area (Å²) in [6.07, 6.45) is 17.4. The largest absolute Gasteiger partial charge is 0.397 e. The lowest BCUT2D eigenvalue weighted by Crippen LogP contribution is -1.89. The van der Waals surface area contributed by atoms with Crippen molar-refractivity contribution in [3.63, 3.8) is 0 Å². The fourth-order valence-corrected chi connectivity index (χ4v) is 1.91. The molecule has 0 unspecified atom stereocenters. The summed E-state index contributed by atoms with van der Waals surface area (Å²) in [5.41, 5.74) is 0. The Hall–Kier alpha value is -0.210. The number of aliphatic hydroxyl groups excluding tert-OH is 1. The SMILES string of the molecule is CCCCCCCCCCCCCC.CCO.N.O=S(=O)(O)O. The molecule has 7 heteroatoms. The van der Waals surface area contributed by atoms with Crippen molar-refractivity contribution < 1.29 is 22.6 Å². The second kappa shape index (κ2) is 26.7. The van der Waals surface area contributed by atoms with Gasteiger partial charge in [-0.1, -0.05) is 90.9 Å². The van der Waals surface area contributed by atoms with Gasteiger partial charge in [0, 0.05) is 6.61 Å². The molecule has 0 saturated carbocycles. The lowest BCUT2D eigenvalue weighted by molar-refractivity contribution is 0.318. The lowest BCUT2D eigenvalue weighted by atomic mass is 10.1. The van der Waals surface area contributed by atoms with E-state index in [1.165, 1.54) is 77.0 Å². The third-order valence-electron chi connectivity index (χ3n) is 2.96. The van der Waals surface area contributed by atoms with Crippen molar-refractivity contribution in [1.29, 1.82) is 0 Å². The molecule has 6 N–H and O–H groups in total. The molecule has 0 aromatic rings. The van der Waals surface area contributed by atoms with Crippen LogP contribution in [0.3, 0.4) is 0 Å². The number of hydrogen-bond donors (Lipinski definition) is 4. The summed E-state index contributed by atoms with van der Waals surface area (Å²) in [6.45, 7) is 6.50. The Morgan fingerprint density at radius 1 is 0.609 bits per heavy atom. The maximum atomic E-state index is 8.74. The third kappa shape index (κ3) is 73.3. The van der Waals surface area contributed by atoms with Gasteiger partial charge < -0.3 is 11.3 Å². The molecule has 0 fully saturated rings. The summed E-state index contributed by atoms with van der Waals surface area (Å²) in [6, 6.07) is 0. The number of aliphatic hydroxyl groups is 1. The molecule has 0 rings (SSSR count). The van der Waals surface area contributed by atoms with Gasteiger partial charge in [0.25, 0.3) is 0 Å². The molecule has 0 radical (unpaired) electrons. The van der Waals surface area contributed by atoms with Crippen molar-refractivity contribution in [3.05, 3.63) is 0 Å². The van der Waals surface area contributed by atoms with Crippen LogP contribution in [0.5, 0.6) is 0 Å². The molecule has 0 aromatic heterocycles. The van der Waals surface area contributed by atoms with Gasteiger partial charge in [-0.25, -0.2) is 0 Å². The lowest BCUT2D eigenvalue weighted by Gasteiger charge is -2.01. The van der Waals surface area contributed by atoms with Crippen LogP contribution in [0.15, 0.2) is 0 Å². The van der Waals surface area contributed by atoms with Gasteiger partial charge in [-0.2, -0.15) is 8.42 Å². The highest BCUT2D eigenvalue weighted by Gasteiger charge is 1.91. The van der Waals surface area contributed by atoms with E-state index in [1.807, 2.05) is 0 Å². The molecule has 0 bridgehead atoms. The van der Waals surface area contributed by atoms with Crippen LogP contribution in [0.4, 0.5) is 0 Å². The van der Waals surface area contributed by atoms with Crippen LogP contribution in [0, 0.1) is 0 Å². The van der Waals surface area contributed by atoms with Crippen LogP contribution in [0.2, 0.25) is 0 Å². The fraction of sp³-hybridized carbons (Fsp3) is 1.00. The van der Waals surface area contributed by atoms with Crippen LogP contribution in [-0.2, 0) is 10.4 Å². The van der Waals surface area contributed by atoms with E-state index in [4.69, 9.17) is 22.6 Å². The average molecular weight is 360 g/mol. The maximum Gasteiger partial charge on any atom is 0.394 e. The maximum absolute atomic E-state index is 8.74. The third-order valence-corrected chi connectivity index (χ3v) is 2.96. The molecule has 0 aliphatic carbocycles. The molecule has 0 aromatic carbocycles. The highest BCUT2D eigenvalue weighted by atomic mass is 32.3. The monoisotopic (exact) mass is 359 g/mol. The molecule has 146 valence electrons. The van der Waals surface area contributed by atoms with Crippen molar-refractivity contribution in [2.45, 2.75) is 97.8 Å². The fourth-order valence-electron chi connectivity index (χ4n) is 1.91. The molecule has 0 heterocycles. The molecule has 0 saturated heterocycles. The van der Waals surface area contributed by atoms with Crippen molar-refractivity contribution in [2.75, 3.05) is 6.61 Å². The Morgan fingerprint density at radius 3 is 0.870 bits per heavy atom. The molecule has 0 spiro atoms. The van der Waals surface area contributed by atoms with E-state index in [2.05, 4.69) is 13.8 Å². The molecule has 0 aliphatic rings. The summed E-state index contributed by atoms with van der Waals surface area (Å²) in [5.74, 6) is 0. The average Bonchev–Trinajstić information content (AvgIpc) is 2.40. The van der Waals surface area contributed by atoms with Gasteiger partial charge in [-0.15, -0.1) is 0 Å². The van der Waals surface area contributed by atoms with E-state index in [0.717, 1.165) is 0 Å². The molecule has 0 aliphatic heterocycles. The van der Waals surface area contributed by atoms with Crippen molar-refractivity contribution in [1.82, 2.24) is 6.15 Å². The second-order valence-electron chi connectivity index (χ2n) is 5.30. The van der Waals surface area contributed by atoms with E-state index in [-0.39, 0.29) is 12.8 Å². The predicted molar refractivity (Wildman–Crippen MR) is 98.7 cm³/mol. The van der Waals surface area contributed by atoms with E-state index in [1.54, 1.807) is 6.92 Å². The summed E-state index contributed by atoms with van der Waals surface area (Å²) >= 11 is 0. The molecular weight excluding hydrogens is 318 g/mol. The summed E-state index contributed by atoms with van der Waals surface area (Å²) in [7, 11) is -4.67. The second-order valence-corrected chi connectivity index (χ2v) is 6.20. The molecular formula is C16H41NO5S. The first-order chi connectivity index (χ1) is 10.3. The van der Waals surface area contributed by atoms with Crippen LogP contribution in [0.1, 0.15) is 97.8 Å². The minimum atomic E-state index is -4.67. The van der Waals surface area contributed by atoms with E-state index < -0.39 is 10.4 Å². The van der Waals surface area contributed by atoms with Crippen molar-refractivity contribution in [2.24, 2.45) is 0 Å². The van der Waals surface area contributed by atoms with Gasteiger partial charge in [0.2, 0.25) is 0 Å². The van der Waals surface area contributed by atoms with Gasteiger partial charge in [-0.3, -0.25) is 9.11 Å². The molecule has 23 heavy (non-hydrogen) atoms. The van der Waals surface area contributed by atoms with E-state index in [9.17, 15) is 0 Å². The first kappa shape index (κ1) is 30.6. The number of rotatable bonds is 11. The topological polar surface area (TPSA) is 130 Å². The highest BCUT2D eigenvalue weighted by Crippen LogP contribution is 2.11. The molecule has 6 nitrogen and oxygen atoms in total. The van der Waals surface area contributed by atoms with Gasteiger partial charge >= 0.3 is 10.4 Å². The zero-order chi connectivity index (χ0) is 17.7. The smallest absolute Gasteiger partial charge is 0.394 e. The van der Waals surface area contributed by atoms with Gasteiger partial charge in [0.05, 0.1) is 0 Å². The summed E-state index contributed by atoms with van der Waals surface area (Å²) in [4.78, 5) is 0. The Labute approximate surface area is 144 Å². The first-order valence-corrected chi connectivity index (χ1v) is 10.0. The minimum Gasteiger partial charge on any atom is -0.397 e. The number of hydrogen-bond acceptors (Lipinski definition) is 4. The first-order valence-electron chi connectivity index (χ1n) is 8.64. The number of unbranched alkanes of at least 4 members (excludes halogenated alkanes) is 11. The van der Waals surface area contributed by atoms with Crippen LogP contribution in [0.25, 0.3) is 0 Å². The zero-order valence-corrected chi connectivity index (χ0v) is 16.3. The molecule has 0 amide bonds. The predicted octanol–water partition coefficient (Wildman–Crippen LogP) is 5.22. The summed E-state index contributed by atoms with van der Waals surface area (Å²) in [5, 5.41) is 7.57. The normalized spacial score (nSPS) is 9.83. The molecule has 0 atom stereocenters. The van der Waals surface area contributed by atoms with Gasteiger partial charge in [0.15, 0.2) is 0 Å². The van der Waals surface area contributed by atoms with Gasteiger partial charge in [0.1, 0.15) is 0 Å². The van der Waals surface area contributed by atoms with Crippen LogP contribution >= 0.6 is 0 Å². The van der Waals surface area contributed by atoms with Crippen molar-refractivity contribution in [3.8, 4) is 0 Å². The Bertz CT molecular complexity index is 252. The Balaban J connectivity index is -0.000000168. The van der Waals surface area contributed by atoms with E-state index >= 15 is 0 Å². The minimum absolute atomic E-state index is 0. The standard InChI is InChI=1S/C14H30.C2H6O.H3N.H2O4S/c1-3-5-7-9-11-13-14-12-10-8-6-4-2;1-2-3;;1-5(2,3)4/h3-14H2,1-2H3;3H,2H2,1H3;1H3;(H2,1,2,3,4). The van der Waals surface area contributed by atoms with Crippen molar-refractivity contribution >= 4 is 10.4 Å². The van der Waals surface area contributed by atoms with Gasteiger partial charge in [-0.05, 0) is 6.92 Å². The Morgan fingerprint density at radius 2 is 0.739 bits per heavy atom. The van der Waals surface area contributed by atoms with Crippen LogP contribution < -0.4 is 6.15 Å². The van der Waals surface area contributed by atoms with E-state index in [0.29, 0.717) is 0 Å². The summed E-state index contributed by atoms with van der Waals surface area (Å²) < 4.78 is 31.6. The quantitative estimate of drug-likeness (QED) is 0.296.